The number of nitrogens with one attached hydrogen (secondary N) is 1. The molecule has 0 aliphatic rings. The van der Waals surface area contributed by atoms with Crippen LogP contribution >= 0.6 is 11.6 Å². The Bertz CT molecular complexity index is 609. The molecule has 0 fully saturated rings. The van der Waals surface area contributed by atoms with Gasteiger partial charge in [0.05, 0.1) is 25.8 Å². The summed E-state index contributed by atoms with van der Waals surface area (Å²) in [6, 6.07) is 8.65. The van der Waals surface area contributed by atoms with Crippen molar-refractivity contribution in [2.24, 2.45) is 0 Å². The van der Waals surface area contributed by atoms with Crippen molar-refractivity contribution in [3.63, 3.8) is 0 Å². The van der Waals surface area contributed by atoms with Crippen LogP contribution in [-0.2, 0) is 11.3 Å². The Morgan fingerprint density at radius 2 is 2.10 bits per heavy atom. The Morgan fingerprint density at radius 3 is 2.75 bits per heavy atom. The van der Waals surface area contributed by atoms with E-state index in [-0.39, 0.29) is 5.76 Å². The number of anilines is 1. The fourth-order valence-electron chi connectivity index (χ4n) is 1.65. The van der Waals surface area contributed by atoms with Crippen molar-refractivity contribution < 1.29 is 18.7 Å². The van der Waals surface area contributed by atoms with Crippen LogP contribution in [-0.4, -0.2) is 20.2 Å². The SMILES string of the molecule is COC(=O)c1ccc(CNc2ccc(OC)c(Cl)c2)o1. The Balaban J connectivity index is 2.00. The summed E-state index contributed by atoms with van der Waals surface area (Å²) in [6.07, 6.45) is 0. The second kappa shape index (κ2) is 6.34. The Labute approximate surface area is 121 Å². The molecule has 0 spiro atoms. The molecule has 1 N–H and O–H groups in total. The van der Waals surface area contributed by atoms with Gasteiger partial charge in [-0.1, -0.05) is 11.6 Å². The monoisotopic (exact) mass is 295 g/mol. The van der Waals surface area contributed by atoms with Crippen LogP contribution in [0.3, 0.4) is 0 Å². The van der Waals surface area contributed by atoms with Crippen LogP contribution in [0.1, 0.15) is 16.3 Å². The van der Waals surface area contributed by atoms with E-state index in [1.165, 1.54) is 7.11 Å². The first kappa shape index (κ1) is 14.3. The van der Waals surface area contributed by atoms with Gasteiger partial charge in [0, 0.05) is 5.69 Å². The molecule has 0 aliphatic heterocycles. The average Bonchev–Trinajstić information content (AvgIpc) is 2.93. The van der Waals surface area contributed by atoms with Crippen LogP contribution in [0.2, 0.25) is 5.02 Å². The number of furan rings is 1. The lowest BCUT2D eigenvalue weighted by molar-refractivity contribution is 0.0563. The third-order valence-electron chi connectivity index (χ3n) is 2.67. The number of hydrogen-bond acceptors (Lipinski definition) is 5. The maximum absolute atomic E-state index is 11.2. The maximum Gasteiger partial charge on any atom is 0.373 e. The van der Waals surface area contributed by atoms with Gasteiger partial charge in [0.15, 0.2) is 0 Å². The van der Waals surface area contributed by atoms with Gasteiger partial charge in [-0.2, -0.15) is 0 Å². The molecule has 0 bridgehead atoms. The highest BCUT2D eigenvalue weighted by Gasteiger charge is 2.10. The maximum atomic E-state index is 11.2. The van der Waals surface area contributed by atoms with E-state index < -0.39 is 5.97 Å². The standard InChI is InChI=1S/C14H14ClNO4/c1-18-12-5-3-9(7-11(12)15)16-8-10-4-6-13(20-10)14(17)19-2/h3-7,16H,8H2,1-2H3. The van der Waals surface area contributed by atoms with Crippen molar-refractivity contribution in [2.45, 2.75) is 6.54 Å². The largest absolute Gasteiger partial charge is 0.495 e. The number of esters is 1. The van der Waals surface area contributed by atoms with E-state index in [9.17, 15) is 4.79 Å². The first-order valence-electron chi connectivity index (χ1n) is 5.88. The molecule has 0 radical (unpaired) electrons. The Kier molecular flexibility index (Phi) is 4.53. The summed E-state index contributed by atoms with van der Waals surface area (Å²) in [6.45, 7) is 0.430. The van der Waals surface area contributed by atoms with Gasteiger partial charge in [0.1, 0.15) is 11.5 Å². The summed E-state index contributed by atoms with van der Waals surface area (Å²) in [5, 5.41) is 3.66. The number of hydrogen-bond donors (Lipinski definition) is 1. The molecule has 6 heteroatoms. The van der Waals surface area contributed by atoms with Crippen molar-refractivity contribution in [3.05, 3.63) is 46.9 Å². The molecule has 2 aromatic rings. The summed E-state index contributed by atoms with van der Waals surface area (Å²) in [7, 11) is 2.87. The number of benzene rings is 1. The lowest BCUT2D eigenvalue weighted by Crippen LogP contribution is -2.00. The highest BCUT2D eigenvalue weighted by atomic mass is 35.5. The molecule has 5 nitrogen and oxygen atoms in total. The molecule has 0 saturated heterocycles. The normalized spacial score (nSPS) is 10.2. The Hall–Kier alpha value is -2.14. The van der Waals surface area contributed by atoms with Crippen molar-refractivity contribution >= 4 is 23.3 Å². The van der Waals surface area contributed by atoms with Crippen LogP contribution in [0.4, 0.5) is 5.69 Å². The molecule has 0 aliphatic carbocycles. The quantitative estimate of drug-likeness (QED) is 0.857. The van der Waals surface area contributed by atoms with Gasteiger partial charge in [-0.25, -0.2) is 4.79 Å². The predicted octanol–water partition coefficient (Wildman–Crippen LogP) is 3.34. The zero-order valence-electron chi connectivity index (χ0n) is 11.1. The minimum Gasteiger partial charge on any atom is -0.495 e. The average molecular weight is 296 g/mol. The van der Waals surface area contributed by atoms with Crippen LogP contribution in [0.5, 0.6) is 5.75 Å². The lowest BCUT2D eigenvalue weighted by atomic mass is 10.3. The van der Waals surface area contributed by atoms with E-state index in [2.05, 4.69) is 10.1 Å². The van der Waals surface area contributed by atoms with Crippen LogP contribution in [0.25, 0.3) is 0 Å². The summed E-state index contributed by atoms with van der Waals surface area (Å²) in [4.78, 5) is 11.2. The van der Waals surface area contributed by atoms with E-state index in [0.29, 0.717) is 23.1 Å². The lowest BCUT2D eigenvalue weighted by Gasteiger charge is -2.07. The van der Waals surface area contributed by atoms with Crippen LogP contribution in [0.15, 0.2) is 34.7 Å². The van der Waals surface area contributed by atoms with Gasteiger partial charge >= 0.3 is 5.97 Å². The molecular weight excluding hydrogens is 282 g/mol. The fraction of sp³-hybridized carbons (Fsp3) is 0.214. The molecule has 0 atom stereocenters. The number of ether oxygens (including phenoxy) is 2. The summed E-state index contributed by atoms with van der Waals surface area (Å²) < 4.78 is 15.0. The molecule has 1 aromatic heterocycles. The van der Waals surface area contributed by atoms with Crippen molar-refractivity contribution in [3.8, 4) is 5.75 Å². The molecule has 0 unspecified atom stereocenters. The minimum absolute atomic E-state index is 0.178. The second-order valence-corrected chi connectivity index (χ2v) is 4.37. The van der Waals surface area contributed by atoms with Gasteiger partial charge in [-0.3, -0.25) is 0 Å². The van der Waals surface area contributed by atoms with E-state index in [0.717, 1.165) is 5.69 Å². The topological polar surface area (TPSA) is 60.7 Å². The van der Waals surface area contributed by atoms with Crippen LogP contribution < -0.4 is 10.1 Å². The Morgan fingerprint density at radius 1 is 1.30 bits per heavy atom. The third kappa shape index (κ3) is 3.24. The third-order valence-corrected chi connectivity index (χ3v) is 2.96. The number of carbonyl (C=O) groups is 1. The van der Waals surface area contributed by atoms with Gasteiger partial charge in [0.2, 0.25) is 5.76 Å². The zero-order valence-corrected chi connectivity index (χ0v) is 11.9. The molecule has 2 rings (SSSR count). The molecule has 20 heavy (non-hydrogen) atoms. The van der Waals surface area contributed by atoms with Gasteiger partial charge < -0.3 is 19.2 Å². The molecular formula is C14H14ClNO4. The minimum atomic E-state index is -0.497. The number of halogens is 1. The fourth-order valence-corrected chi connectivity index (χ4v) is 1.91. The number of methoxy groups -OCH3 is 2. The highest BCUT2D eigenvalue weighted by molar-refractivity contribution is 6.32. The van der Waals surface area contributed by atoms with Gasteiger partial charge in [0.25, 0.3) is 0 Å². The van der Waals surface area contributed by atoms with E-state index in [1.54, 1.807) is 31.4 Å². The molecule has 1 aromatic carbocycles. The summed E-state index contributed by atoms with van der Waals surface area (Å²) >= 11 is 6.03. The van der Waals surface area contributed by atoms with E-state index in [4.69, 9.17) is 20.8 Å². The first-order chi connectivity index (χ1) is 9.63. The van der Waals surface area contributed by atoms with E-state index >= 15 is 0 Å². The molecule has 106 valence electrons. The van der Waals surface area contributed by atoms with Crippen molar-refractivity contribution in [1.82, 2.24) is 0 Å². The van der Waals surface area contributed by atoms with Gasteiger partial charge in [-0.15, -0.1) is 0 Å². The smallest absolute Gasteiger partial charge is 0.373 e. The number of rotatable bonds is 5. The second-order valence-electron chi connectivity index (χ2n) is 3.96. The summed E-state index contributed by atoms with van der Waals surface area (Å²) in [5.74, 6) is 0.918. The molecule has 0 saturated carbocycles. The van der Waals surface area contributed by atoms with Crippen molar-refractivity contribution in [1.29, 1.82) is 0 Å². The predicted molar refractivity (Wildman–Crippen MR) is 75.4 cm³/mol. The van der Waals surface area contributed by atoms with Crippen molar-refractivity contribution in [2.75, 3.05) is 19.5 Å². The van der Waals surface area contributed by atoms with Crippen LogP contribution in [0, 0.1) is 0 Å². The highest BCUT2D eigenvalue weighted by Crippen LogP contribution is 2.27. The van der Waals surface area contributed by atoms with Gasteiger partial charge in [-0.05, 0) is 30.3 Å². The zero-order chi connectivity index (χ0) is 14.5. The molecule has 0 amide bonds. The molecule has 1 heterocycles. The number of carbonyl (C=O) groups excluding carboxylic acids is 1. The first-order valence-corrected chi connectivity index (χ1v) is 6.26. The van der Waals surface area contributed by atoms with E-state index in [1.807, 2.05) is 6.07 Å². The summed E-state index contributed by atoms with van der Waals surface area (Å²) in [5.41, 5.74) is 0.826.